The summed E-state index contributed by atoms with van der Waals surface area (Å²) in [4.78, 5) is 22.3. The van der Waals surface area contributed by atoms with Crippen LogP contribution in [-0.4, -0.2) is 22.5 Å². The number of aryl methyl sites for hydroxylation is 1. The number of anilines is 1. The van der Waals surface area contributed by atoms with Crippen LogP contribution < -0.4 is 15.4 Å². The second kappa shape index (κ2) is 9.61. The molecule has 7 nitrogen and oxygen atoms in total. The Balaban J connectivity index is 1.93. The number of carbonyl (C=O) groups excluding carboxylic acids is 1. The van der Waals surface area contributed by atoms with Gasteiger partial charge in [0, 0.05) is 22.3 Å². The number of nitro benzene ring substituents is 1. The molecule has 0 aliphatic rings. The number of rotatable bonds is 6. The van der Waals surface area contributed by atoms with E-state index in [1.54, 1.807) is 0 Å². The lowest BCUT2D eigenvalue weighted by Gasteiger charge is -2.16. The van der Waals surface area contributed by atoms with E-state index in [0.717, 1.165) is 15.6 Å². The van der Waals surface area contributed by atoms with Crippen molar-refractivity contribution in [2.45, 2.75) is 26.7 Å². The van der Waals surface area contributed by atoms with Crippen LogP contribution in [0.4, 0.5) is 11.4 Å². The second-order valence-corrected chi connectivity index (χ2v) is 7.65. The van der Waals surface area contributed by atoms with Gasteiger partial charge in [-0.15, -0.1) is 0 Å². The molecule has 0 saturated carbocycles. The van der Waals surface area contributed by atoms with Gasteiger partial charge in [0.15, 0.2) is 11.7 Å². The number of nitro groups is 1. The van der Waals surface area contributed by atoms with Gasteiger partial charge >= 0.3 is 0 Å². The number of thiocarbonyl (C=S) groups is 1. The number of hydrogen-bond donors (Lipinski definition) is 2. The monoisotopic (exact) mass is 465 g/mol. The largest absolute Gasteiger partial charge is 0.483 e. The minimum atomic E-state index is -0.490. The maximum absolute atomic E-state index is 12.1. The summed E-state index contributed by atoms with van der Waals surface area (Å²) in [6.45, 7) is 5.85. The van der Waals surface area contributed by atoms with Crippen LogP contribution >= 0.6 is 28.1 Å². The molecule has 0 aromatic heterocycles. The van der Waals surface area contributed by atoms with Crippen molar-refractivity contribution in [3.8, 4) is 5.75 Å². The van der Waals surface area contributed by atoms with E-state index < -0.39 is 10.8 Å². The van der Waals surface area contributed by atoms with E-state index in [9.17, 15) is 14.9 Å². The molecule has 148 valence electrons. The number of carbonyl (C=O) groups is 1. The number of ether oxygens (including phenoxy) is 1. The molecule has 0 unspecified atom stereocenters. The van der Waals surface area contributed by atoms with Gasteiger partial charge in [-0.2, -0.15) is 0 Å². The highest BCUT2D eigenvalue weighted by molar-refractivity contribution is 9.10. The summed E-state index contributed by atoms with van der Waals surface area (Å²) in [6, 6.07) is 9.59. The fourth-order valence-electron chi connectivity index (χ4n) is 2.38. The molecule has 0 fully saturated rings. The predicted molar refractivity (Wildman–Crippen MR) is 116 cm³/mol. The summed E-state index contributed by atoms with van der Waals surface area (Å²) in [5, 5.41) is 16.1. The van der Waals surface area contributed by atoms with Crippen LogP contribution in [0.5, 0.6) is 5.75 Å². The van der Waals surface area contributed by atoms with Crippen molar-refractivity contribution in [1.82, 2.24) is 5.32 Å². The molecule has 0 bridgehead atoms. The minimum Gasteiger partial charge on any atom is -0.483 e. The topological polar surface area (TPSA) is 93.5 Å². The lowest BCUT2D eigenvalue weighted by molar-refractivity contribution is -0.384. The summed E-state index contributed by atoms with van der Waals surface area (Å²) in [5.74, 6) is 0.481. The third kappa shape index (κ3) is 6.00. The first-order valence-corrected chi connectivity index (χ1v) is 9.65. The van der Waals surface area contributed by atoms with Gasteiger partial charge in [-0.25, -0.2) is 0 Å². The van der Waals surface area contributed by atoms with Gasteiger partial charge < -0.3 is 10.1 Å². The summed E-state index contributed by atoms with van der Waals surface area (Å²) < 4.78 is 6.68. The van der Waals surface area contributed by atoms with Crippen LogP contribution in [0.15, 0.2) is 40.9 Å². The SMILES string of the molecule is Cc1cc(OCC(=O)NC(=S)Nc2ccc([N+](=O)[O-])cc2)c(C(C)C)cc1Br. The van der Waals surface area contributed by atoms with Crippen molar-refractivity contribution in [2.24, 2.45) is 0 Å². The van der Waals surface area contributed by atoms with E-state index in [4.69, 9.17) is 17.0 Å². The molecule has 0 atom stereocenters. The minimum absolute atomic E-state index is 0.0281. The van der Waals surface area contributed by atoms with Crippen LogP contribution in [0.25, 0.3) is 0 Å². The zero-order chi connectivity index (χ0) is 20.8. The number of hydrogen-bond acceptors (Lipinski definition) is 5. The summed E-state index contributed by atoms with van der Waals surface area (Å²) in [7, 11) is 0. The Morgan fingerprint density at radius 1 is 1.29 bits per heavy atom. The van der Waals surface area contributed by atoms with E-state index in [1.165, 1.54) is 24.3 Å². The van der Waals surface area contributed by atoms with Gasteiger partial charge in [-0.05, 0) is 60.5 Å². The molecule has 2 aromatic carbocycles. The molecule has 2 aromatic rings. The molecule has 28 heavy (non-hydrogen) atoms. The Morgan fingerprint density at radius 2 is 1.93 bits per heavy atom. The molecule has 1 amide bonds. The Hall–Kier alpha value is -2.52. The van der Waals surface area contributed by atoms with Crippen molar-refractivity contribution < 1.29 is 14.5 Å². The average molecular weight is 466 g/mol. The number of halogens is 1. The molecule has 0 spiro atoms. The maximum atomic E-state index is 12.1. The first-order chi connectivity index (χ1) is 13.2. The fourth-order valence-corrected chi connectivity index (χ4v) is 2.97. The first kappa shape index (κ1) is 21.8. The van der Waals surface area contributed by atoms with Crippen molar-refractivity contribution in [1.29, 1.82) is 0 Å². The number of nitrogens with one attached hydrogen (secondary N) is 2. The molecule has 0 aliphatic heterocycles. The molecular weight excluding hydrogens is 446 g/mol. The Kier molecular flexibility index (Phi) is 7.47. The number of non-ortho nitro benzene ring substituents is 1. The van der Waals surface area contributed by atoms with Crippen LogP contribution in [-0.2, 0) is 4.79 Å². The Labute approximate surface area is 176 Å². The molecule has 0 aliphatic carbocycles. The zero-order valence-electron chi connectivity index (χ0n) is 15.6. The normalized spacial score (nSPS) is 10.5. The van der Waals surface area contributed by atoms with Gasteiger partial charge in [0.1, 0.15) is 5.75 Å². The van der Waals surface area contributed by atoms with Crippen LogP contribution in [0.1, 0.15) is 30.9 Å². The molecule has 9 heteroatoms. The van der Waals surface area contributed by atoms with Crippen LogP contribution in [0.2, 0.25) is 0 Å². The van der Waals surface area contributed by atoms with Crippen molar-refractivity contribution in [3.63, 3.8) is 0 Å². The standard InChI is InChI=1S/C19H20BrN3O4S/c1-11(2)15-9-16(20)12(3)8-17(15)27-10-18(24)22-19(28)21-13-4-6-14(7-5-13)23(25)26/h4-9,11H,10H2,1-3H3,(H2,21,22,24,28). The second-order valence-electron chi connectivity index (χ2n) is 6.39. The predicted octanol–water partition coefficient (Wildman–Crippen LogP) is 4.68. The quantitative estimate of drug-likeness (QED) is 0.365. The van der Waals surface area contributed by atoms with Gasteiger partial charge in [0.05, 0.1) is 4.92 Å². The van der Waals surface area contributed by atoms with Gasteiger partial charge in [-0.1, -0.05) is 29.8 Å². The third-order valence-corrected chi connectivity index (χ3v) is 4.92. The molecule has 2 N–H and O–H groups in total. The third-order valence-electron chi connectivity index (χ3n) is 3.86. The van der Waals surface area contributed by atoms with Crippen molar-refractivity contribution in [3.05, 3.63) is 62.1 Å². The highest BCUT2D eigenvalue weighted by atomic mass is 79.9. The number of benzene rings is 2. The van der Waals surface area contributed by atoms with E-state index in [1.807, 2.05) is 32.9 Å². The van der Waals surface area contributed by atoms with Gasteiger partial charge in [0.25, 0.3) is 11.6 Å². The van der Waals surface area contributed by atoms with Crippen LogP contribution in [0.3, 0.4) is 0 Å². The highest BCUT2D eigenvalue weighted by Gasteiger charge is 2.13. The summed E-state index contributed by atoms with van der Waals surface area (Å²) >= 11 is 8.60. The van der Waals surface area contributed by atoms with Crippen molar-refractivity contribution in [2.75, 3.05) is 11.9 Å². The average Bonchev–Trinajstić information content (AvgIpc) is 2.62. The van der Waals surface area contributed by atoms with Crippen molar-refractivity contribution >= 4 is 50.5 Å². The number of amides is 1. The lowest BCUT2D eigenvalue weighted by atomic mass is 10.0. The number of nitrogens with zero attached hydrogens (tertiary/aromatic N) is 1. The molecule has 0 saturated heterocycles. The Morgan fingerprint density at radius 3 is 2.50 bits per heavy atom. The molecular formula is C19H20BrN3O4S. The zero-order valence-corrected chi connectivity index (χ0v) is 18.0. The molecule has 0 heterocycles. The Bertz CT molecular complexity index is 901. The first-order valence-electron chi connectivity index (χ1n) is 8.45. The lowest BCUT2D eigenvalue weighted by Crippen LogP contribution is -2.37. The van der Waals surface area contributed by atoms with Gasteiger partial charge in [0.2, 0.25) is 0 Å². The van der Waals surface area contributed by atoms with E-state index in [2.05, 4.69) is 26.6 Å². The summed E-state index contributed by atoms with van der Waals surface area (Å²) in [6.07, 6.45) is 0. The maximum Gasteiger partial charge on any atom is 0.269 e. The molecule has 2 rings (SSSR count). The van der Waals surface area contributed by atoms with E-state index >= 15 is 0 Å². The fraction of sp³-hybridized carbons (Fsp3) is 0.263. The highest BCUT2D eigenvalue weighted by Crippen LogP contribution is 2.32. The van der Waals surface area contributed by atoms with E-state index in [0.29, 0.717) is 11.4 Å². The molecule has 0 radical (unpaired) electrons. The summed E-state index contributed by atoms with van der Waals surface area (Å²) in [5.41, 5.74) is 2.51. The smallest absolute Gasteiger partial charge is 0.269 e. The van der Waals surface area contributed by atoms with E-state index in [-0.39, 0.29) is 23.3 Å². The van der Waals surface area contributed by atoms with Crippen LogP contribution in [0, 0.1) is 17.0 Å². The van der Waals surface area contributed by atoms with Gasteiger partial charge in [-0.3, -0.25) is 20.2 Å².